The van der Waals surface area contributed by atoms with E-state index >= 15 is 0 Å². The first-order valence-corrected chi connectivity index (χ1v) is 13.3. The van der Waals surface area contributed by atoms with Gasteiger partial charge in [-0.2, -0.15) is 5.06 Å². The minimum Gasteiger partial charge on any atom is -0.508 e. The maximum Gasteiger partial charge on any atom is 0.258 e. The highest BCUT2D eigenvalue weighted by atomic mass is 35.5. The number of hydrogen-bond donors (Lipinski definition) is 2. The maximum atomic E-state index is 14.9. The number of amides is 4. The zero-order valence-electron chi connectivity index (χ0n) is 20.5. The third-order valence-corrected chi connectivity index (χ3v) is 10.1. The van der Waals surface area contributed by atoms with E-state index in [9.17, 15) is 51.4 Å². The second-order valence-electron chi connectivity index (χ2n) is 10.4. The van der Waals surface area contributed by atoms with E-state index < -0.39 is 104 Å². The maximum absolute atomic E-state index is 14.9. The number of aromatic hydroxyl groups is 1. The second-order valence-corrected chi connectivity index (χ2v) is 12.1. The average Bonchev–Trinajstić information content (AvgIpc) is 3.26. The number of fused-ring (bicyclic) bond motifs is 4. The molecule has 2 aliphatic carbocycles. The molecule has 1 saturated carbocycles. The van der Waals surface area contributed by atoms with Crippen LogP contribution in [0.5, 0.6) is 5.75 Å². The third kappa shape index (κ3) is 3.33. The summed E-state index contributed by atoms with van der Waals surface area (Å²) >= 11 is 19.9. The van der Waals surface area contributed by atoms with Crippen LogP contribution in [0.2, 0.25) is 5.02 Å². The number of benzene rings is 2. The Morgan fingerprint density at radius 1 is 0.857 bits per heavy atom. The van der Waals surface area contributed by atoms with Crippen molar-refractivity contribution < 1.29 is 51.4 Å². The molecular formula is C26H14Cl3F5N2O6. The van der Waals surface area contributed by atoms with E-state index in [0.717, 1.165) is 12.1 Å². The molecule has 4 amide bonds. The van der Waals surface area contributed by atoms with Crippen molar-refractivity contribution in [2.24, 2.45) is 17.8 Å². The van der Waals surface area contributed by atoms with Gasteiger partial charge < -0.3 is 5.11 Å². The number of allylic oxidation sites excluding steroid dienone is 2. The number of carbonyl (C=O) groups is 4. The molecule has 8 nitrogen and oxygen atoms in total. The number of phenolic OH excluding ortho intramolecular Hbond substituents is 1. The topological polar surface area (TPSA) is 115 Å². The Labute approximate surface area is 246 Å². The van der Waals surface area contributed by atoms with Crippen molar-refractivity contribution in [2.45, 2.75) is 28.5 Å². The quantitative estimate of drug-likeness (QED) is 0.0927. The van der Waals surface area contributed by atoms with E-state index in [1.807, 2.05) is 0 Å². The SMILES string of the molecule is O=C1[C@H]2[C@H](CC=C3[C@H]2C[C@@]2(Cl)C(=O)N(c4c(F)c(F)c(F)c(F)c4F)C(=O)[C@@]2(Cl)[C@H]3c2cc(Cl)ccc2O)C(=O)N1O. The molecule has 16 heteroatoms. The van der Waals surface area contributed by atoms with Gasteiger partial charge in [0.25, 0.3) is 23.6 Å². The molecule has 0 radical (unpaired) electrons. The van der Waals surface area contributed by atoms with Gasteiger partial charge in [-0.15, -0.1) is 23.2 Å². The molecule has 2 aliphatic heterocycles. The normalized spacial score (nSPS) is 32.3. The van der Waals surface area contributed by atoms with Crippen LogP contribution in [-0.4, -0.2) is 48.8 Å². The Kier molecular flexibility index (Phi) is 6.26. The van der Waals surface area contributed by atoms with E-state index in [2.05, 4.69) is 0 Å². The van der Waals surface area contributed by atoms with Gasteiger partial charge >= 0.3 is 0 Å². The molecular weight excluding hydrogens is 638 g/mol. The Hall–Kier alpha value is -3.26. The number of anilines is 1. The summed E-state index contributed by atoms with van der Waals surface area (Å²) in [5, 5.41) is 20.8. The molecule has 0 unspecified atom stereocenters. The molecule has 2 saturated heterocycles. The van der Waals surface area contributed by atoms with Gasteiger partial charge in [0.2, 0.25) is 5.82 Å². The Morgan fingerprint density at radius 2 is 1.45 bits per heavy atom. The first kappa shape index (κ1) is 28.8. The summed E-state index contributed by atoms with van der Waals surface area (Å²) in [7, 11) is 0. The van der Waals surface area contributed by atoms with Gasteiger partial charge in [-0.05, 0) is 37.0 Å². The van der Waals surface area contributed by atoms with Crippen molar-refractivity contribution >= 4 is 64.1 Å². The summed E-state index contributed by atoms with van der Waals surface area (Å²) in [6, 6.07) is 3.51. The van der Waals surface area contributed by atoms with Crippen LogP contribution in [-0.2, 0) is 19.2 Å². The fourth-order valence-electron chi connectivity index (χ4n) is 6.65. The van der Waals surface area contributed by atoms with Crippen LogP contribution in [0, 0.1) is 46.8 Å². The Balaban J connectivity index is 1.63. The molecule has 6 atom stereocenters. The van der Waals surface area contributed by atoms with Gasteiger partial charge in [0.05, 0.1) is 11.8 Å². The van der Waals surface area contributed by atoms with E-state index in [0.29, 0.717) is 0 Å². The molecule has 2 aromatic carbocycles. The number of hydrogen-bond acceptors (Lipinski definition) is 6. The number of alkyl halides is 2. The number of halogens is 8. The molecule has 2 heterocycles. The molecule has 2 aromatic rings. The monoisotopic (exact) mass is 650 g/mol. The molecule has 0 spiro atoms. The molecule has 0 aromatic heterocycles. The predicted molar refractivity (Wildman–Crippen MR) is 133 cm³/mol. The van der Waals surface area contributed by atoms with Gasteiger partial charge in [0, 0.05) is 16.5 Å². The van der Waals surface area contributed by atoms with Crippen molar-refractivity contribution in [3.63, 3.8) is 0 Å². The van der Waals surface area contributed by atoms with Gasteiger partial charge in [-0.25, -0.2) is 26.9 Å². The van der Waals surface area contributed by atoms with Crippen molar-refractivity contribution in [3.8, 4) is 5.75 Å². The van der Waals surface area contributed by atoms with Crippen molar-refractivity contribution in [3.05, 3.63) is 69.5 Å². The fourth-order valence-corrected chi connectivity index (χ4v) is 7.76. The number of hydroxylamine groups is 2. The Bertz CT molecular complexity index is 1680. The number of carbonyl (C=O) groups excluding carboxylic acids is 4. The van der Waals surface area contributed by atoms with Crippen LogP contribution in [0.1, 0.15) is 24.3 Å². The average molecular weight is 652 g/mol. The summed E-state index contributed by atoms with van der Waals surface area (Å²) in [4.78, 5) is 47.6. The highest BCUT2D eigenvalue weighted by Crippen LogP contribution is 2.66. The van der Waals surface area contributed by atoms with Crippen LogP contribution < -0.4 is 4.90 Å². The summed E-state index contributed by atoms with van der Waals surface area (Å²) in [5.41, 5.74) is -2.06. The molecule has 42 heavy (non-hydrogen) atoms. The van der Waals surface area contributed by atoms with Crippen LogP contribution in [0.15, 0.2) is 29.8 Å². The summed E-state index contributed by atoms with van der Waals surface area (Å²) in [6.07, 6.45) is 0.495. The van der Waals surface area contributed by atoms with Gasteiger partial charge in [-0.3, -0.25) is 24.4 Å². The fraction of sp³-hybridized carbons (Fsp3) is 0.308. The van der Waals surface area contributed by atoms with Crippen LogP contribution in [0.3, 0.4) is 0 Å². The van der Waals surface area contributed by atoms with E-state index in [1.165, 1.54) is 12.1 Å². The smallest absolute Gasteiger partial charge is 0.258 e. The lowest BCUT2D eigenvalue weighted by molar-refractivity contribution is -0.173. The first-order valence-electron chi connectivity index (χ1n) is 12.1. The third-order valence-electron chi connectivity index (χ3n) is 8.50. The van der Waals surface area contributed by atoms with Gasteiger partial charge in [-0.1, -0.05) is 23.3 Å². The van der Waals surface area contributed by atoms with Crippen molar-refractivity contribution in [1.29, 1.82) is 0 Å². The molecule has 3 fully saturated rings. The molecule has 6 rings (SSSR count). The molecule has 4 aliphatic rings. The standard InChI is InChI=1S/C26H14Cl3F5N2O6/c27-7-1-4-12(37)10(5-7)14-8-2-3-9-13(22(39)36(42)21(9)38)11(8)6-25(28)23(40)35(24(41)26(14,25)29)20-18(33)16(31)15(30)17(32)19(20)34/h1-2,4-5,9,11,13-14,37,42H,3,6H2/t9-,11+,13-,14+,25+,26-/m0/s1. The van der Waals surface area contributed by atoms with E-state index in [-0.39, 0.29) is 32.5 Å². The molecule has 0 bridgehead atoms. The second kappa shape index (κ2) is 9.12. The van der Waals surface area contributed by atoms with Crippen LogP contribution in [0.25, 0.3) is 0 Å². The van der Waals surface area contributed by atoms with Crippen molar-refractivity contribution in [1.82, 2.24) is 5.06 Å². The van der Waals surface area contributed by atoms with Gasteiger partial charge in [0.15, 0.2) is 33.0 Å². The first-order chi connectivity index (χ1) is 19.6. The highest BCUT2D eigenvalue weighted by molar-refractivity contribution is 6.58. The van der Waals surface area contributed by atoms with Crippen molar-refractivity contribution in [2.75, 3.05) is 4.90 Å². The summed E-state index contributed by atoms with van der Waals surface area (Å²) in [6.45, 7) is 0. The summed E-state index contributed by atoms with van der Waals surface area (Å²) in [5.74, 6) is -23.8. The zero-order chi connectivity index (χ0) is 30.8. The highest BCUT2D eigenvalue weighted by Gasteiger charge is 2.77. The lowest BCUT2D eigenvalue weighted by atomic mass is 9.56. The number of imide groups is 2. The van der Waals surface area contributed by atoms with Gasteiger partial charge in [0.1, 0.15) is 11.4 Å². The van der Waals surface area contributed by atoms with E-state index in [1.54, 1.807) is 0 Å². The minimum absolute atomic E-state index is 0.0123. The van der Waals surface area contributed by atoms with E-state index in [4.69, 9.17) is 34.8 Å². The Morgan fingerprint density at radius 3 is 2.07 bits per heavy atom. The molecule has 2 N–H and O–H groups in total. The number of nitrogens with zero attached hydrogens (tertiary/aromatic N) is 2. The number of rotatable bonds is 2. The minimum atomic E-state index is -2.80. The lowest BCUT2D eigenvalue weighted by Gasteiger charge is -2.50. The van der Waals surface area contributed by atoms with Crippen LogP contribution in [0.4, 0.5) is 27.6 Å². The zero-order valence-corrected chi connectivity index (χ0v) is 22.7. The van der Waals surface area contributed by atoms with Crippen LogP contribution >= 0.6 is 34.8 Å². The predicted octanol–water partition coefficient (Wildman–Crippen LogP) is 4.69. The largest absolute Gasteiger partial charge is 0.508 e. The number of phenols is 1. The molecule has 220 valence electrons. The summed E-state index contributed by atoms with van der Waals surface area (Å²) < 4.78 is 72.1. The lowest BCUT2D eigenvalue weighted by Crippen LogP contribution is -2.60.